The molecule has 0 aliphatic heterocycles. The van der Waals surface area contributed by atoms with Crippen LogP contribution in [0, 0.1) is 0 Å². The van der Waals surface area contributed by atoms with Crippen molar-refractivity contribution in [2.24, 2.45) is 0 Å². The predicted molar refractivity (Wildman–Crippen MR) is 224 cm³/mol. The smallest absolute Gasteiger partial charge is 0.306 e. The van der Waals surface area contributed by atoms with Crippen LogP contribution in [-0.4, -0.2) is 37.2 Å². The van der Waals surface area contributed by atoms with Crippen LogP contribution in [0.1, 0.15) is 252 Å². The van der Waals surface area contributed by atoms with E-state index in [-0.39, 0.29) is 31.1 Å². The van der Waals surface area contributed by atoms with Gasteiger partial charge in [-0.2, -0.15) is 0 Å². The molecule has 0 radical (unpaired) electrons. The molecule has 0 bridgehead atoms. The summed E-state index contributed by atoms with van der Waals surface area (Å²) < 4.78 is 16.7. The number of unbranched alkanes of at least 4 members (excludes halogenated alkanes) is 29. The summed E-state index contributed by atoms with van der Waals surface area (Å²) in [7, 11) is 0. The standard InChI is InChI=1S/C47H88O6/c1-4-7-10-13-16-19-21-22-23-24-25-26-29-31-34-37-40-46(49)52-43-44(42-51-45(48)39-36-33-30-27-18-15-12-9-6-3)53-47(50)41-38-35-32-28-20-17-14-11-8-5-2/h23-24,44H,4-22,25-43H2,1-3H3/b24-23-/t44-/m1/s1. The second-order valence-corrected chi connectivity index (χ2v) is 15.7. The number of carbonyl (C=O) groups is 3. The second-order valence-electron chi connectivity index (χ2n) is 15.7. The zero-order valence-corrected chi connectivity index (χ0v) is 35.6. The van der Waals surface area contributed by atoms with Gasteiger partial charge in [-0.05, 0) is 44.9 Å². The summed E-state index contributed by atoms with van der Waals surface area (Å²) in [6.45, 7) is 6.61. The molecule has 0 aromatic rings. The van der Waals surface area contributed by atoms with E-state index in [0.717, 1.165) is 64.2 Å². The van der Waals surface area contributed by atoms with Gasteiger partial charge in [0, 0.05) is 19.3 Å². The third-order valence-corrected chi connectivity index (χ3v) is 10.3. The second kappa shape index (κ2) is 42.9. The molecule has 0 aliphatic rings. The van der Waals surface area contributed by atoms with E-state index in [2.05, 4.69) is 32.9 Å². The van der Waals surface area contributed by atoms with Crippen LogP contribution in [0.3, 0.4) is 0 Å². The molecule has 312 valence electrons. The van der Waals surface area contributed by atoms with E-state index >= 15 is 0 Å². The Kier molecular flexibility index (Phi) is 41.4. The number of ether oxygens (including phenoxy) is 3. The lowest BCUT2D eigenvalue weighted by Crippen LogP contribution is -2.30. The first kappa shape index (κ1) is 51.1. The molecule has 0 spiro atoms. The monoisotopic (exact) mass is 749 g/mol. The highest BCUT2D eigenvalue weighted by Gasteiger charge is 2.19. The van der Waals surface area contributed by atoms with Crippen molar-refractivity contribution in [1.82, 2.24) is 0 Å². The molecule has 0 aliphatic carbocycles. The topological polar surface area (TPSA) is 78.9 Å². The molecule has 0 rings (SSSR count). The van der Waals surface area contributed by atoms with E-state index in [1.165, 1.54) is 148 Å². The Bertz CT molecular complexity index is 824. The Morgan fingerprint density at radius 3 is 0.943 bits per heavy atom. The van der Waals surface area contributed by atoms with E-state index in [0.29, 0.717) is 19.3 Å². The van der Waals surface area contributed by atoms with Crippen molar-refractivity contribution < 1.29 is 28.6 Å². The lowest BCUT2D eigenvalue weighted by atomic mass is 10.1. The van der Waals surface area contributed by atoms with Crippen molar-refractivity contribution in [3.05, 3.63) is 12.2 Å². The maximum atomic E-state index is 12.7. The molecule has 0 aromatic heterocycles. The van der Waals surface area contributed by atoms with Crippen molar-refractivity contribution >= 4 is 17.9 Å². The van der Waals surface area contributed by atoms with Crippen LogP contribution >= 0.6 is 0 Å². The van der Waals surface area contributed by atoms with Gasteiger partial charge in [0.15, 0.2) is 6.10 Å². The van der Waals surface area contributed by atoms with Crippen LogP contribution in [-0.2, 0) is 28.6 Å². The van der Waals surface area contributed by atoms with Crippen LogP contribution in [0.2, 0.25) is 0 Å². The van der Waals surface area contributed by atoms with Crippen LogP contribution in [0.4, 0.5) is 0 Å². The van der Waals surface area contributed by atoms with Gasteiger partial charge >= 0.3 is 17.9 Å². The molecule has 1 atom stereocenters. The van der Waals surface area contributed by atoms with Gasteiger partial charge in [-0.25, -0.2) is 0 Å². The Balaban J connectivity index is 4.29. The van der Waals surface area contributed by atoms with Crippen LogP contribution in [0.15, 0.2) is 12.2 Å². The maximum Gasteiger partial charge on any atom is 0.306 e. The summed E-state index contributed by atoms with van der Waals surface area (Å²) in [5, 5.41) is 0. The number of hydrogen-bond donors (Lipinski definition) is 0. The Hall–Kier alpha value is -1.85. The SMILES string of the molecule is CCCCCCCCC/C=C\CCCCCCCC(=O)OC[C@@H](COC(=O)CCCCCCCCCCC)OC(=O)CCCCCCCCCCCC. The molecule has 53 heavy (non-hydrogen) atoms. The Labute approximate surface area is 329 Å². The van der Waals surface area contributed by atoms with Crippen molar-refractivity contribution in [2.75, 3.05) is 13.2 Å². The fraction of sp³-hybridized carbons (Fsp3) is 0.894. The number of carbonyl (C=O) groups excluding carboxylic acids is 3. The predicted octanol–water partition coefficient (Wildman–Crippen LogP) is 14.6. The minimum Gasteiger partial charge on any atom is -0.462 e. The number of esters is 3. The molecule has 0 amide bonds. The van der Waals surface area contributed by atoms with E-state index in [1.54, 1.807) is 0 Å². The quantitative estimate of drug-likeness (QED) is 0.0268. The summed E-state index contributed by atoms with van der Waals surface area (Å²) in [5.74, 6) is -0.873. The van der Waals surface area contributed by atoms with Crippen molar-refractivity contribution in [3.63, 3.8) is 0 Å². The summed E-state index contributed by atoms with van der Waals surface area (Å²) >= 11 is 0. The highest BCUT2D eigenvalue weighted by Crippen LogP contribution is 2.15. The number of allylic oxidation sites excluding steroid dienone is 2. The fourth-order valence-corrected chi connectivity index (χ4v) is 6.73. The molecule has 0 fully saturated rings. The van der Waals surface area contributed by atoms with E-state index in [9.17, 15) is 14.4 Å². The fourth-order valence-electron chi connectivity index (χ4n) is 6.73. The summed E-state index contributed by atoms with van der Waals surface area (Å²) in [5.41, 5.74) is 0. The largest absolute Gasteiger partial charge is 0.462 e. The molecule has 0 aromatic carbocycles. The minimum absolute atomic E-state index is 0.0686. The third-order valence-electron chi connectivity index (χ3n) is 10.3. The van der Waals surface area contributed by atoms with E-state index < -0.39 is 6.10 Å². The number of hydrogen-bond acceptors (Lipinski definition) is 6. The first-order valence-electron chi connectivity index (χ1n) is 23.2. The highest BCUT2D eigenvalue weighted by atomic mass is 16.6. The van der Waals surface area contributed by atoms with E-state index in [1.807, 2.05) is 0 Å². The average molecular weight is 749 g/mol. The first-order valence-corrected chi connectivity index (χ1v) is 23.2. The van der Waals surface area contributed by atoms with Gasteiger partial charge in [-0.3, -0.25) is 14.4 Å². The van der Waals surface area contributed by atoms with Gasteiger partial charge in [-0.1, -0.05) is 200 Å². The lowest BCUT2D eigenvalue weighted by Gasteiger charge is -2.18. The highest BCUT2D eigenvalue weighted by molar-refractivity contribution is 5.71. The summed E-state index contributed by atoms with van der Waals surface area (Å²) in [6.07, 6.45) is 44.8. The molecule has 6 heteroatoms. The zero-order chi connectivity index (χ0) is 38.7. The van der Waals surface area contributed by atoms with Crippen LogP contribution in [0.5, 0.6) is 0 Å². The van der Waals surface area contributed by atoms with Gasteiger partial charge in [0.2, 0.25) is 0 Å². The van der Waals surface area contributed by atoms with Crippen LogP contribution in [0.25, 0.3) is 0 Å². The lowest BCUT2D eigenvalue weighted by molar-refractivity contribution is -0.167. The third kappa shape index (κ3) is 41.2. The Morgan fingerprint density at radius 1 is 0.358 bits per heavy atom. The van der Waals surface area contributed by atoms with Gasteiger partial charge < -0.3 is 14.2 Å². The summed E-state index contributed by atoms with van der Waals surface area (Å²) in [6, 6.07) is 0. The maximum absolute atomic E-state index is 12.7. The van der Waals surface area contributed by atoms with Gasteiger partial charge in [-0.15, -0.1) is 0 Å². The first-order chi connectivity index (χ1) is 26.0. The van der Waals surface area contributed by atoms with E-state index in [4.69, 9.17) is 14.2 Å². The molecule has 6 nitrogen and oxygen atoms in total. The molecule has 0 unspecified atom stereocenters. The average Bonchev–Trinajstić information content (AvgIpc) is 3.15. The zero-order valence-electron chi connectivity index (χ0n) is 35.6. The van der Waals surface area contributed by atoms with Gasteiger partial charge in [0.1, 0.15) is 13.2 Å². The van der Waals surface area contributed by atoms with Gasteiger partial charge in [0.05, 0.1) is 0 Å². The normalized spacial score (nSPS) is 12.0. The minimum atomic E-state index is -0.763. The van der Waals surface area contributed by atoms with Crippen molar-refractivity contribution in [1.29, 1.82) is 0 Å². The number of rotatable bonds is 42. The Morgan fingerprint density at radius 2 is 0.623 bits per heavy atom. The van der Waals surface area contributed by atoms with Crippen molar-refractivity contribution in [3.8, 4) is 0 Å². The summed E-state index contributed by atoms with van der Waals surface area (Å²) in [4.78, 5) is 37.6. The molecular formula is C47H88O6. The molecule has 0 heterocycles. The molecular weight excluding hydrogens is 661 g/mol. The van der Waals surface area contributed by atoms with Crippen molar-refractivity contribution in [2.45, 2.75) is 258 Å². The van der Waals surface area contributed by atoms with Gasteiger partial charge in [0.25, 0.3) is 0 Å². The van der Waals surface area contributed by atoms with Crippen LogP contribution < -0.4 is 0 Å². The molecule has 0 saturated heterocycles. The molecule has 0 saturated carbocycles. The molecule has 0 N–H and O–H groups in total.